The van der Waals surface area contributed by atoms with Crippen LogP contribution in [0.25, 0.3) is 5.76 Å². The summed E-state index contributed by atoms with van der Waals surface area (Å²) in [6.07, 6.45) is -4.82. The number of hydrogen-bond donors (Lipinski definition) is 6. The van der Waals surface area contributed by atoms with Gasteiger partial charge in [-0.15, -0.1) is 0 Å². The molecule has 0 bridgehead atoms. The Labute approximate surface area is 240 Å². The first kappa shape index (κ1) is 31.3. The zero-order valence-corrected chi connectivity index (χ0v) is 23.8. The van der Waals surface area contributed by atoms with E-state index >= 15 is 0 Å². The van der Waals surface area contributed by atoms with Crippen LogP contribution >= 0.6 is 0 Å². The van der Waals surface area contributed by atoms with E-state index in [4.69, 9.17) is 5.73 Å². The number of nitrogens with zero attached hydrogens (tertiary/aromatic N) is 2. The molecule has 3 aliphatic carbocycles. The van der Waals surface area contributed by atoms with Gasteiger partial charge in [-0.25, -0.2) is 0 Å². The second-order valence-corrected chi connectivity index (χ2v) is 11.5. The van der Waals surface area contributed by atoms with Crippen molar-refractivity contribution in [2.24, 2.45) is 17.6 Å². The topological polar surface area (TPSA) is 177 Å². The fraction of sp³-hybridized carbons (Fsp3) is 0.536. The van der Waals surface area contributed by atoms with Crippen molar-refractivity contribution in [1.29, 1.82) is 0 Å². The zero-order valence-electron chi connectivity index (χ0n) is 23.8. The molecule has 11 nitrogen and oxygen atoms in total. The Morgan fingerprint density at radius 2 is 1.81 bits per heavy atom. The van der Waals surface area contributed by atoms with E-state index < -0.39 is 82.6 Å². The Morgan fingerprint density at radius 3 is 2.31 bits per heavy atom. The predicted molar refractivity (Wildman–Crippen MR) is 146 cm³/mol. The van der Waals surface area contributed by atoms with Gasteiger partial charge in [0.1, 0.15) is 28.9 Å². The number of ketones is 2. The number of halogens is 3. The Hall–Kier alpha value is -3.62. The maximum Gasteiger partial charge on any atom is 0.403 e. The van der Waals surface area contributed by atoms with Crippen molar-refractivity contribution in [2.45, 2.75) is 56.6 Å². The van der Waals surface area contributed by atoms with Crippen LogP contribution in [0.1, 0.15) is 36.5 Å². The predicted octanol–water partition coefficient (Wildman–Crippen LogP) is 1.46. The average Bonchev–Trinajstić information content (AvgIpc) is 2.86. The molecule has 230 valence electrons. The number of anilines is 1. The number of phenols is 1. The molecular formula is C28H35F3N4O7. The maximum atomic E-state index is 14.0. The Kier molecular flexibility index (Phi) is 7.89. The van der Waals surface area contributed by atoms with Crippen molar-refractivity contribution >= 4 is 28.9 Å². The second-order valence-electron chi connectivity index (χ2n) is 11.5. The summed E-state index contributed by atoms with van der Waals surface area (Å²) in [5.74, 6) is -7.81. The molecule has 1 saturated carbocycles. The summed E-state index contributed by atoms with van der Waals surface area (Å²) in [6.45, 7) is 0.946. The number of Topliss-reactive ketones (excluding diaryl/α,β-unsaturated/α-hetero) is 2. The second kappa shape index (κ2) is 10.6. The minimum Gasteiger partial charge on any atom is -0.508 e. The van der Waals surface area contributed by atoms with Gasteiger partial charge in [-0.3, -0.25) is 19.3 Å². The van der Waals surface area contributed by atoms with E-state index in [0.29, 0.717) is 11.3 Å². The van der Waals surface area contributed by atoms with Gasteiger partial charge in [0.2, 0.25) is 5.78 Å². The van der Waals surface area contributed by atoms with Crippen LogP contribution in [0.2, 0.25) is 0 Å². The van der Waals surface area contributed by atoms with E-state index in [9.17, 15) is 48.0 Å². The molecule has 3 aliphatic rings. The van der Waals surface area contributed by atoms with Gasteiger partial charge in [0, 0.05) is 43.4 Å². The largest absolute Gasteiger partial charge is 0.508 e. The molecule has 1 aromatic carbocycles. The third-order valence-corrected chi connectivity index (χ3v) is 8.60. The molecule has 42 heavy (non-hydrogen) atoms. The minimum absolute atomic E-state index is 0.0280. The van der Waals surface area contributed by atoms with Crippen LogP contribution in [-0.2, 0) is 27.3 Å². The SMILES string of the molecule is CCC(NCc1cc(N(C)C)c2c(c1O)C(O)=C1C(=O)[C@@]3(O)C(O)=C(C(N)=O)C(=O)[C@H](N(C)C)[C@H]3C[C@H]1C2)C(F)(F)F. The summed E-state index contributed by atoms with van der Waals surface area (Å²) in [7, 11) is 6.36. The van der Waals surface area contributed by atoms with Crippen molar-refractivity contribution in [3.63, 3.8) is 0 Å². The van der Waals surface area contributed by atoms with E-state index in [-0.39, 0.29) is 36.0 Å². The lowest BCUT2D eigenvalue weighted by atomic mass is 9.57. The number of nitrogens with two attached hydrogens (primary N) is 1. The summed E-state index contributed by atoms with van der Waals surface area (Å²) in [5, 5.41) is 47.7. The lowest BCUT2D eigenvalue weighted by Crippen LogP contribution is -2.65. The zero-order chi connectivity index (χ0) is 31.6. The fourth-order valence-electron chi connectivity index (χ4n) is 6.60. The number of aliphatic hydroxyl groups is 3. The van der Waals surface area contributed by atoms with Crippen LogP contribution in [0.4, 0.5) is 18.9 Å². The van der Waals surface area contributed by atoms with Crippen LogP contribution in [0.15, 0.2) is 23.0 Å². The van der Waals surface area contributed by atoms with Crippen LogP contribution in [-0.4, -0.2) is 94.9 Å². The number of fused-ring (bicyclic) bond motifs is 3. The van der Waals surface area contributed by atoms with Crippen molar-refractivity contribution in [3.8, 4) is 5.75 Å². The quantitative estimate of drug-likeness (QED) is 0.253. The van der Waals surface area contributed by atoms with E-state index in [1.54, 1.807) is 19.0 Å². The molecule has 1 unspecified atom stereocenters. The number of rotatable bonds is 7. The lowest BCUT2D eigenvalue weighted by molar-refractivity contribution is -0.157. The van der Waals surface area contributed by atoms with Crippen molar-refractivity contribution in [2.75, 3.05) is 33.1 Å². The van der Waals surface area contributed by atoms with Gasteiger partial charge in [0.25, 0.3) is 5.91 Å². The molecule has 7 N–H and O–H groups in total. The van der Waals surface area contributed by atoms with Crippen LogP contribution in [0, 0.1) is 11.8 Å². The lowest BCUT2D eigenvalue weighted by Gasteiger charge is -2.50. The molecule has 0 aromatic heterocycles. The van der Waals surface area contributed by atoms with Gasteiger partial charge in [0.15, 0.2) is 11.4 Å². The molecule has 1 amide bonds. The molecular weight excluding hydrogens is 561 g/mol. The molecule has 0 saturated heterocycles. The number of carbonyl (C=O) groups excluding carboxylic acids is 3. The van der Waals surface area contributed by atoms with Gasteiger partial charge in [-0.1, -0.05) is 6.92 Å². The number of carbonyl (C=O) groups is 3. The van der Waals surface area contributed by atoms with Gasteiger partial charge >= 0.3 is 6.18 Å². The fourth-order valence-corrected chi connectivity index (χ4v) is 6.60. The number of phenolic OH excluding ortho intramolecular Hbond substituents is 1. The van der Waals surface area contributed by atoms with E-state index in [1.807, 2.05) is 0 Å². The highest BCUT2D eigenvalue weighted by Gasteiger charge is 2.64. The number of aromatic hydroxyl groups is 1. The molecule has 4 rings (SSSR count). The van der Waals surface area contributed by atoms with Gasteiger partial charge in [-0.05, 0) is 50.9 Å². The number of alkyl halides is 3. The van der Waals surface area contributed by atoms with Crippen molar-refractivity contribution in [3.05, 3.63) is 39.7 Å². The summed E-state index contributed by atoms with van der Waals surface area (Å²) in [4.78, 5) is 42.4. The molecule has 1 aromatic rings. The van der Waals surface area contributed by atoms with Crippen LogP contribution in [0.3, 0.4) is 0 Å². The highest BCUT2D eigenvalue weighted by atomic mass is 19.4. The van der Waals surface area contributed by atoms with Crippen molar-refractivity contribution in [1.82, 2.24) is 10.2 Å². The molecule has 0 radical (unpaired) electrons. The number of hydrogen-bond acceptors (Lipinski definition) is 10. The Bertz CT molecular complexity index is 1420. The van der Waals surface area contributed by atoms with E-state index in [1.165, 1.54) is 32.0 Å². The summed E-state index contributed by atoms with van der Waals surface area (Å²) in [6, 6.07) is -1.56. The normalized spacial score (nSPS) is 26.7. The van der Waals surface area contributed by atoms with Crippen LogP contribution in [0.5, 0.6) is 5.75 Å². The first-order valence-corrected chi connectivity index (χ1v) is 13.4. The average molecular weight is 597 g/mol. The van der Waals surface area contributed by atoms with Gasteiger partial charge in [-0.2, -0.15) is 13.2 Å². The number of aliphatic hydroxyl groups excluding tert-OH is 2. The molecule has 0 spiro atoms. The third-order valence-electron chi connectivity index (χ3n) is 8.60. The highest BCUT2D eigenvalue weighted by molar-refractivity contribution is 6.24. The van der Waals surface area contributed by atoms with Gasteiger partial charge in [0.05, 0.1) is 11.6 Å². The smallest absolute Gasteiger partial charge is 0.403 e. The number of benzene rings is 1. The molecule has 14 heteroatoms. The summed E-state index contributed by atoms with van der Waals surface area (Å²) < 4.78 is 40.1. The molecule has 0 aliphatic heterocycles. The maximum absolute atomic E-state index is 14.0. The number of likely N-dealkylation sites (N-methyl/N-ethyl adjacent to an activating group) is 1. The van der Waals surface area contributed by atoms with E-state index in [0.717, 1.165) is 0 Å². The van der Waals surface area contributed by atoms with Crippen LogP contribution < -0.4 is 16.0 Å². The highest BCUT2D eigenvalue weighted by Crippen LogP contribution is 2.54. The Balaban J connectivity index is 1.91. The number of amides is 1. The third kappa shape index (κ3) is 4.61. The number of primary amides is 1. The molecule has 0 heterocycles. The van der Waals surface area contributed by atoms with E-state index in [2.05, 4.69) is 5.32 Å². The summed E-state index contributed by atoms with van der Waals surface area (Å²) in [5.41, 5.74) is 2.02. The van der Waals surface area contributed by atoms with Crippen molar-refractivity contribution < 1.29 is 48.0 Å². The minimum atomic E-state index is -4.54. The molecule has 5 atom stereocenters. The molecule has 1 fully saturated rings. The summed E-state index contributed by atoms with van der Waals surface area (Å²) >= 11 is 0. The monoisotopic (exact) mass is 596 g/mol. The Morgan fingerprint density at radius 1 is 1.19 bits per heavy atom. The first-order chi connectivity index (χ1) is 19.4. The standard InChI is InChI=1S/C28H35F3N4O7/c1-6-16(28(29,30)31)33-10-12-9-15(34(2)3)13-7-11-8-14-20(35(4)5)23(38)19(26(32)41)25(40)27(14,42)24(39)17(11)22(37)18(13)21(12)36/h9,11,14,16,20,33,36-37,40,42H,6-8,10H2,1-5H3,(H2,32,41)/t11-,14-,16?,20-,27-/m1/s1. The van der Waals surface area contributed by atoms with Gasteiger partial charge < -0.3 is 36.4 Å². The first-order valence-electron chi connectivity index (χ1n) is 13.4. The number of nitrogens with one attached hydrogen (secondary N) is 1.